The molecule has 17 nitrogen and oxygen atoms in total. The van der Waals surface area contributed by atoms with Gasteiger partial charge in [0.05, 0.1) is 0 Å². The highest BCUT2D eigenvalue weighted by Gasteiger charge is 2.69. The number of β-lactam (4-membered cyclic amide) rings is 1. The van der Waals surface area contributed by atoms with Crippen LogP contribution in [0.4, 0.5) is 5.13 Å². The first-order valence-electron chi connectivity index (χ1n) is 10.9. The molecular weight excluding hydrogens is 562 g/mol. The summed E-state index contributed by atoms with van der Waals surface area (Å²) in [5, 5.41) is 30.9. The molecule has 200 valence electrons. The first kappa shape index (κ1) is 25.9. The Labute approximate surface area is 225 Å². The quantitative estimate of drug-likeness (QED) is 0.0520. The van der Waals surface area contributed by atoms with Crippen molar-refractivity contribution in [3.63, 3.8) is 0 Å². The van der Waals surface area contributed by atoms with Crippen LogP contribution in [-0.2, 0) is 24.0 Å². The van der Waals surface area contributed by atoms with Gasteiger partial charge in [-0.05, 0) is 28.3 Å². The number of hydrogen-bond donors (Lipinski definition) is 5. The van der Waals surface area contributed by atoms with Crippen molar-refractivity contribution < 1.29 is 33.6 Å². The highest BCUT2D eigenvalue weighted by molar-refractivity contribution is 8.00. The minimum absolute atomic E-state index is 0.0674. The van der Waals surface area contributed by atoms with E-state index in [-0.39, 0.29) is 39.2 Å². The van der Waals surface area contributed by atoms with E-state index in [0.717, 1.165) is 27.9 Å². The number of nitrogen functional groups attached to an aromatic ring is 2. The number of carboxylic acids is 1. The van der Waals surface area contributed by atoms with Gasteiger partial charge in [-0.15, -0.1) is 16.1 Å². The van der Waals surface area contributed by atoms with E-state index < -0.39 is 39.8 Å². The zero-order valence-corrected chi connectivity index (χ0v) is 21.7. The number of tetrazole rings is 1. The van der Waals surface area contributed by atoms with Gasteiger partial charge in [-0.1, -0.05) is 22.0 Å². The number of carboxylic acid groups (broad SMARTS) is 1. The Kier molecular flexibility index (Phi) is 6.94. The van der Waals surface area contributed by atoms with Crippen molar-refractivity contribution in [1.29, 1.82) is 0 Å². The highest BCUT2D eigenvalue weighted by atomic mass is 32.2. The molecule has 2 saturated heterocycles. The molecule has 38 heavy (non-hydrogen) atoms. The lowest BCUT2D eigenvalue weighted by Crippen LogP contribution is -2.81. The number of aliphatic carboxylic acids is 1. The van der Waals surface area contributed by atoms with Crippen LogP contribution >= 0.6 is 34.9 Å². The maximum Gasteiger partial charge on any atom is 0.390 e. The van der Waals surface area contributed by atoms with E-state index in [4.69, 9.17) is 16.4 Å². The first-order valence-corrected chi connectivity index (χ1v) is 13.8. The van der Waals surface area contributed by atoms with E-state index in [9.17, 15) is 24.3 Å². The van der Waals surface area contributed by atoms with Crippen molar-refractivity contribution in [2.75, 3.05) is 29.8 Å². The molecule has 4 atom stereocenters. The van der Waals surface area contributed by atoms with Gasteiger partial charge in [0.2, 0.25) is 23.0 Å². The minimum Gasteiger partial charge on any atom is -0.474 e. The summed E-state index contributed by atoms with van der Waals surface area (Å²) in [5.41, 5.74) is 5.42. The van der Waals surface area contributed by atoms with Crippen molar-refractivity contribution in [2.45, 2.75) is 29.1 Å². The zero-order valence-electron chi connectivity index (χ0n) is 19.2. The molecule has 0 aromatic carbocycles. The van der Waals surface area contributed by atoms with E-state index in [1.165, 1.54) is 23.2 Å². The Morgan fingerprint density at radius 3 is 2.87 bits per heavy atom. The average molecular weight is 583 g/mol. The Morgan fingerprint density at radius 1 is 1.42 bits per heavy atom. The van der Waals surface area contributed by atoms with E-state index in [1.807, 2.05) is 0 Å². The number of oxime groups is 1. The Hall–Kier alpha value is -3.75. The van der Waals surface area contributed by atoms with Crippen LogP contribution in [0.1, 0.15) is 12.1 Å². The predicted octanol–water partition coefficient (Wildman–Crippen LogP) is -2.33. The summed E-state index contributed by atoms with van der Waals surface area (Å²) in [6, 6.07) is -1.05. The maximum absolute atomic E-state index is 13.6. The van der Waals surface area contributed by atoms with Gasteiger partial charge < -0.3 is 32.2 Å². The minimum atomic E-state index is -1.26. The SMILES string of the molecule is Nc1nc(C(=NOC2CCNC2=O)C(=O)N[C@@H]2C(=O)[N+]3(CSc4nnnn4N)C(C(=O)O)=CCS[C@@H]23)cs1. The average Bonchev–Trinajstić information content (AvgIpc) is 3.62. The van der Waals surface area contributed by atoms with Gasteiger partial charge in [-0.2, -0.15) is 4.48 Å². The number of amides is 3. The molecule has 0 radical (unpaired) electrons. The summed E-state index contributed by atoms with van der Waals surface area (Å²) in [6.45, 7) is 0.410. The number of aromatic nitrogens is 5. The van der Waals surface area contributed by atoms with Crippen molar-refractivity contribution in [3.05, 3.63) is 22.8 Å². The Bertz CT molecular complexity index is 1380. The lowest BCUT2D eigenvalue weighted by molar-refractivity contribution is -0.841. The molecule has 3 amide bonds. The van der Waals surface area contributed by atoms with Crippen molar-refractivity contribution >= 4 is 69.4 Å². The number of fused-ring (bicyclic) bond motifs is 1. The maximum atomic E-state index is 13.6. The number of nitrogens with two attached hydrogens (primary N) is 2. The van der Waals surface area contributed by atoms with Gasteiger partial charge in [0.25, 0.3) is 11.8 Å². The first-order chi connectivity index (χ1) is 18.2. The Morgan fingerprint density at radius 2 is 2.24 bits per heavy atom. The van der Waals surface area contributed by atoms with Gasteiger partial charge in [0.15, 0.2) is 16.2 Å². The van der Waals surface area contributed by atoms with Crippen LogP contribution in [0.3, 0.4) is 0 Å². The van der Waals surface area contributed by atoms with Crippen molar-refractivity contribution in [2.24, 2.45) is 5.16 Å². The summed E-state index contributed by atoms with van der Waals surface area (Å²) in [6.07, 6.45) is 0.956. The van der Waals surface area contributed by atoms with Crippen LogP contribution < -0.4 is 22.2 Å². The van der Waals surface area contributed by atoms with Crippen LogP contribution in [0.5, 0.6) is 0 Å². The molecule has 3 aliphatic rings. The molecule has 20 heteroatoms. The molecule has 2 fully saturated rings. The number of rotatable bonds is 9. The molecule has 5 heterocycles. The summed E-state index contributed by atoms with van der Waals surface area (Å²) in [5.74, 6) is 2.93. The summed E-state index contributed by atoms with van der Waals surface area (Å²) in [7, 11) is 0. The van der Waals surface area contributed by atoms with Gasteiger partial charge in [-0.25, -0.2) is 14.6 Å². The van der Waals surface area contributed by atoms with Gasteiger partial charge in [0.1, 0.15) is 11.6 Å². The molecule has 2 aromatic heterocycles. The molecule has 2 unspecified atom stereocenters. The molecule has 3 aliphatic heterocycles. The summed E-state index contributed by atoms with van der Waals surface area (Å²) < 4.78 is -0.558. The standard InChI is InChI=1S/C18H19N11O6S3/c19-17-22-7(5-37-17)10(25-35-9-1-3-21-12(9)30)13(31)23-11-14(32)29(6-38-18-24-26-27-28(18)20)8(16(33)34)2-4-36-15(11)29/h2,5,9,11,15H,1,3-4,6,20H2,(H4-,19,21,22,23,30,31,33,34)/p+1/t9?,11-,15+,29?/m1/s1. The third-order valence-electron chi connectivity index (χ3n) is 5.97. The van der Waals surface area contributed by atoms with E-state index >= 15 is 0 Å². The number of nitrogens with one attached hydrogen (secondary N) is 2. The Balaban J connectivity index is 1.39. The van der Waals surface area contributed by atoms with Crippen LogP contribution in [0.2, 0.25) is 0 Å². The molecule has 5 rings (SSSR count). The van der Waals surface area contributed by atoms with E-state index in [1.54, 1.807) is 0 Å². The highest BCUT2D eigenvalue weighted by Crippen LogP contribution is 2.47. The lowest BCUT2D eigenvalue weighted by Gasteiger charge is -2.53. The molecule has 0 bridgehead atoms. The van der Waals surface area contributed by atoms with Crippen molar-refractivity contribution in [1.82, 2.24) is 35.9 Å². The number of nitrogens with zero attached hydrogens (tertiary/aromatic N) is 7. The number of carbonyl (C=O) groups excluding carboxylic acids is 3. The molecule has 2 aromatic rings. The molecular formula is C18H20N11O6S3+. The fourth-order valence-corrected chi connectivity index (χ4v) is 7.20. The molecule has 0 aliphatic carbocycles. The second kappa shape index (κ2) is 10.2. The fourth-order valence-electron chi connectivity index (χ4n) is 4.17. The number of thiazole rings is 1. The van der Waals surface area contributed by atoms with Crippen LogP contribution in [0.25, 0.3) is 0 Å². The number of quaternary nitrogens is 1. The largest absolute Gasteiger partial charge is 0.474 e. The number of thioether (sulfide) groups is 2. The van der Waals surface area contributed by atoms with Gasteiger partial charge in [0, 0.05) is 24.1 Å². The summed E-state index contributed by atoms with van der Waals surface area (Å²) in [4.78, 5) is 61.1. The van der Waals surface area contributed by atoms with E-state index in [0.29, 0.717) is 18.7 Å². The monoisotopic (exact) mass is 582 g/mol. The third kappa shape index (κ3) is 4.44. The van der Waals surface area contributed by atoms with Crippen LogP contribution in [-0.4, -0.2) is 100.0 Å². The summed E-state index contributed by atoms with van der Waals surface area (Å²) >= 11 is 3.39. The zero-order chi connectivity index (χ0) is 27.0. The topological polar surface area (TPSA) is 243 Å². The molecule has 0 spiro atoms. The number of anilines is 1. The number of carbonyl (C=O) groups is 4. The molecule has 7 N–H and O–H groups in total. The molecule has 0 saturated carbocycles. The fraction of sp³-hybridized carbons (Fsp3) is 0.389. The van der Waals surface area contributed by atoms with Gasteiger partial charge in [-0.3, -0.25) is 9.59 Å². The smallest absolute Gasteiger partial charge is 0.390 e. The predicted molar refractivity (Wildman–Crippen MR) is 133 cm³/mol. The van der Waals surface area contributed by atoms with Crippen LogP contribution in [0.15, 0.2) is 27.5 Å². The second-order valence-corrected chi connectivity index (χ2v) is 11.1. The van der Waals surface area contributed by atoms with E-state index in [2.05, 4.69) is 36.3 Å². The number of hydrogen-bond acceptors (Lipinski definition) is 15. The third-order valence-corrected chi connectivity index (χ3v) is 9.04. The van der Waals surface area contributed by atoms with Crippen molar-refractivity contribution in [3.8, 4) is 0 Å². The lowest BCUT2D eigenvalue weighted by atomic mass is 10.00. The van der Waals surface area contributed by atoms with Gasteiger partial charge >= 0.3 is 11.9 Å². The van der Waals surface area contributed by atoms with Crippen LogP contribution in [0, 0.1) is 0 Å². The normalized spacial score (nSPS) is 26.7. The second-order valence-electron chi connectivity index (χ2n) is 8.14.